The maximum Gasteiger partial charge on any atom is 0.126 e. The summed E-state index contributed by atoms with van der Waals surface area (Å²) in [6.07, 6.45) is 0.984. The molecule has 0 radical (unpaired) electrons. The molecule has 2 nitrogen and oxygen atoms in total. The highest BCUT2D eigenvalue weighted by Crippen LogP contribution is 2.24. The maximum atomic E-state index is 13.2. The smallest absolute Gasteiger partial charge is 0.126 e. The largest absolute Gasteiger partial charge is 0.374 e. The SMILES string of the molecule is Cc1cc(N(C)CC(C)(C)CCN)ccc1F. The third-order valence-electron chi connectivity index (χ3n) is 3.07. The second-order valence-electron chi connectivity index (χ2n) is 5.49. The van der Waals surface area contributed by atoms with Crippen molar-refractivity contribution >= 4 is 5.69 Å². The van der Waals surface area contributed by atoms with E-state index in [2.05, 4.69) is 18.7 Å². The number of nitrogens with two attached hydrogens (primary N) is 1. The Labute approximate surface area is 104 Å². The van der Waals surface area contributed by atoms with Crippen LogP contribution in [0.5, 0.6) is 0 Å². The van der Waals surface area contributed by atoms with Crippen LogP contribution >= 0.6 is 0 Å². The molecule has 0 aliphatic carbocycles. The number of anilines is 1. The van der Waals surface area contributed by atoms with Crippen LogP contribution in [0.2, 0.25) is 0 Å². The lowest BCUT2D eigenvalue weighted by Gasteiger charge is -2.31. The van der Waals surface area contributed by atoms with Crippen molar-refractivity contribution in [3.8, 4) is 0 Å². The Balaban J connectivity index is 2.76. The first-order valence-electron chi connectivity index (χ1n) is 6.03. The van der Waals surface area contributed by atoms with Crippen LogP contribution in [-0.4, -0.2) is 20.1 Å². The summed E-state index contributed by atoms with van der Waals surface area (Å²) in [5.74, 6) is -0.150. The van der Waals surface area contributed by atoms with E-state index in [1.54, 1.807) is 6.92 Å². The Morgan fingerprint density at radius 1 is 1.35 bits per heavy atom. The molecule has 1 aromatic carbocycles. The minimum absolute atomic E-state index is 0.150. The van der Waals surface area contributed by atoms with Gasteiger partial charge in [0.15, 0.2) is 0 Å². The van der Waals surface area contributed by atoms with E-state index in [0.29, 0.717) is 12.1 Å². The number of hydrogen-bond acceptors (Lipinski definition) is 2. The highest BCUT2D eigenvalue weighted by atomic mass is 19.1. The highest BCUT2D eigenvalue weighted by molar-refractivity contribution is 5.48. The number of benzene rings is 1. The van der Waals surface area contributed by atoms with Crippen LogP contribution in [0, 0.1) is 18.2 Å². The molecule has 0 bridgehead atoms. The lowest BCUT2D eigenvalue weighted by molar-refractivity contribution is 0.347. The van der Waals surface area contributed by atoms with Crippen LogP contribution < -0.4 is 10.6 Å². The summed E-state index contributed by atoms with van der Waals surface area (Å²) in [6, 6.07) is 5.23. The number of rotatable bonds is 5. The van der Waals surface area contributed by atoms with Gasteiger partial charge >= 0.3 is 0 Å². The van der Waals surface area contributed by atoms with Crippen LogP contribution in [0.3, 0.4) is 0 Å². The van der Waals surface area contributed by atoms with E-state index in [9.17, 15) is 4.39 Å². The zero-order valence-corrected chi connectivity index (χ0v) is 11.3. The van der Waals surface area contributed by atoms with Crippen molar-refractivity contribution in [1.29, 1.82) is 0 Å². The summed E-state index contributed by atoms with van der Waals surface area (Å²) in [5, 5.41) is 0. The molecule has 0 aromatic heterocycles. The van der Waals surface area contributed by atoms with E-state index < -0.39 is 0 Å². The molecule has 3 heteroatoms. The van der Waals surface area contributed by atoms with Crippen molar-refractivity contribution in [3.05, 3.63) is 29.6 Å². The van der Waals surface area contributed by atoms with Crippen LogP contribution in [0.15, 0.2) is 18.2 Å². The first-order valence-corrected chi connectivity index (χ1v) is 6.03. The van der Waals surface area contributed by atoms with Crippen LogP contribution in [0.1, 0.15) is 25.8 Å². The van der Waals surface area contributed by atoms with E-state index in [1.807, 2.05) is 19.2 Å². The number of aryl methyl sites for hydroxylation is 1. The Hall–Kier alpha value is -1.09. The molecular weight excluding hydrogens is 215 g/mol. The van der Waals surface area contributed by atoms with Crippen molar-refractivity contribution in [2.75, 3.05) is 25.0 Å². The van der Waals surface area contributed by atoms with Gasteiger partial charge in [0.2, 0.25) is 0 Å². The fraction of sp³-hybridized carbons (Fsp3) is 0.571. The molecule has 17 heavy (non-hydrogen) atoms. The van der Waals surface area contributed by atoms with Crippen LogP contribution in [0.4, 0.5) is 10.1 Å². The fourth-order valence-electron chi connectivity index (χ4n) is 2.07. The van der Waals surface area contributed by atoms with E-state index >= 15 is 0 Å². The number of nitrogens with zero attached hydrogens (tertiary/aromatic N) is 1. The van der Waals surface area contributed by atoms with E-state index in [1.165, 1.54) is 6.07 Å². The summed E-state index contributed by atoms with van der Waals surface area (Å²) in [4.78, 5) is 2.15. The Morgan fingerprint density at radius 2 is 2.00 bits per heavy atom. The van der Waals surface area contributed by atoms with Gasteiger partial charge in [-0.3, -0.25) is 0 Å². The minimum atomic E-state index is -0.150. The normalized spacial score (nSPS) is 11.6. The zero-order chi connectivity index (χ0) is 13.1. The van der Waals surface area contributed by atoms with Gasteiger partial charge in [-0.15, -0.1) is 0 Å². The zero-order valence-electron chi connectivity index (χ0n) is 11.3. The van der Waals surface area contributed by atoms with Gasteiger partial charge < -0.3 is 10.6 Å². The first-order chi connectivity index (χ1) is 7.85. The molecule has 1 rings (SSSR count). The van der Waals surface area contributed by atoms with E-state index in [4.69, 9.17) is 5.73 Å². The Morgan fingerprint density at radius 3 is 2.53 bits per heavy atom. The van der Waals surface area contributed by atoms with Crippen LogP contribution in [-0.2, 0) is 0 Å². The molecule has 0 amide bonds. The molecule has 0 fully saturated rings. The second kappa shape index (κ2) is 5.50. The van der Waals surface area contributed by atoms with Gasteiger partial charge in [-0.2, -0.15) is 0 Å². The summed E-state index contributed by atoms with van der Waals surface area (Å²) >= 11 is 0. The molecule has 1 aromatic rings. The Kier molecular flexibility index (Phi) is 4.52. The quantitative estimate of drug-likeness (QED) is 0.854. The van der Waals surface area contributed by atoms with Gasteiger partial charge in [-0.1, -0.05) is 13.8 Å². The average molecular weight is 238 g/mol. The summed E-state index contributed by atoms with van der Waals surface area (Å²) in [7, 11) is 2.03. The standard InChI is InChI=1S/C14H23FN2/c1-11-9-12(5-6-13(11)15)17(4)10-14(2,3)7-8-16/h5-6,9H,7-8,10,16H2,1-4H3. The number of hydrogen-bond donors (Lipinski definition) is 1. The van der Waals surface area contributed by atoms with E-state index in [-0.39, 0.29) is 11.2 Å². The van der Waals surface area contributed by atoms with Crippen LogP contribution in [0.25, 0.3) is 0 Å². The molecule has 0 spiro atoms. The van der Waals surface area contributed by atoms with E-state index in [0.717, 1.165) is 18.7 Å². The average Bonchev–Trinajstić information content (AvgIpc) is 2.21. The molecule has 2 N–H and O–H groups in total. The highest BCUT2D eigenvalue weighted by Gasteiger charge is 2.19. The molecule has 0 atom stereocenters. The topological polar surface area (TPSA) is 29.3 Å². The predicted molar refractivity (Wildman–Crippen MR) is 71.9 cm³/mol. The monoisotopic (exact) mass is 238 g/mol. The van der Waals surface area contributed by atoms with Gasteiger partial charge in [0.05, 0.1) is 0 Å². The molecule has 0 heterocycles. The van der Waals surface area contributed by atoms with Crippen molar-refractivity contribution < 1.29 is 4.39 Å². The van der Waals surface area contributed by atoms with Gasteiger partial charge in [-0.05, 0) is 49.1 Å². The first kappa shape index (κ1) is 14.0. The van der Waals surface area contributed by atoms with Crippen molar-refractivity contribution in [2.24, 2.45) is 11.1 Å². The predicted octanol–water partition coefficient (Wildman–Crippen LogP) is 2.95. The number of halogens is 1. The minimum Gasteiger partial charge on any atom is -0.374 e. The molecule has 96 valence electrons. The van der Waals surface area contributed by atoms with Gasteiger partial charge in [-0.25, -0.2) is 4.39 Å². The molecule has 0 aliphatic heterocycles. The summed E-state index contributed by atoms with van der Waals surface area (Å²) < 4.78 is 13.2. The Bertz CT molecular complexity index is 374. The lowest BCUT2D eigenvalue weighted by atomic mass is 9.88. The molecular formula is C14H23FN2. The van der Waals surface area contributed by atoms with Gasteiger partial charge in [0, 0.05) is 19.3 Å². The summed E-state index contributed by atoms with van der Waals surface area (Å²) in [6.45, 7) is 7.80. The van der Waals surface area contributed by atoms with Crippen molar-refractivity contribution in [3.63, 3.8) is 0 Å². The molecule has 0 saturated carbocycles. The summed E-state index contributed by atoms with van der Waals surface area (Å²) in [5.41, 5.74) is 7.51. The van der Waals surface area contributed by atoms with Gasteiger partial charge in [0.1, 0.15) is 5.82 Å². The third-order valence-corrected chi connectivity index (χ3v) is 3.07. The molecule has 0 unspecified atom stereocenters. The third kappa shape index (κ3) is 4.00. The molecule has 0 aliphatic rings. The maximum absolute atomic E-state index is 13.2. The van der Waals surface area contributed by atoms with Gasteiger partial charge in [0.25, 0.3) is 0 Å². The van der Waals surface area contributed by atoms with Crippen molar-refractivity contribution in [1.82, 2.24) is 0 Å². The fourth-order valence-corrected chi connectivity index (χ4v) is 2.07. The molecule has 0 saturated heterocycles. The van der Waals surface area contributed by atoms with Crippen molar-refractivity contribution in [2.45, 2.75) is 27.2 Å². The lowest BCUT2D eigenvalue weighted by Crippen LogP contribution is -2.33. The second-order valence-corrected chi connectivity index (χ2v) is 5.49.